The molecule has 1 unspecified atom stereocenters. The van der Waals surface area contributed by atoms with Crippen LogP contribution in [0, 0.1) is 11.2 Å². The monoisotopic (exact) mass is 526 g/mol. The number of anilines is 1. The molecule has 1 N–H and O–H groups in total. The molecular formula is C26H23FN10O2. The number of nitrogens with one attached hydrogen (secondary N) is 1. The first-order valence-corrected chi connectivity index (χ1v) is 12.6. The highest BCUT2D eigenvalue weighted by atomic mass is 19.1. The molecule has 0 aliphatic carbocycles. The topological polar surface area (TPSA) is 131 Å². The van der Waals surface area contributed by atoms with Gasteiger partial charge < -0.3 is 14.8 Å². The molecule has 7 rings (SSSR count). The van der Waals surface area contributed by atoms with E-state index in [1.54, 1.807) is 17.4 Å². The van der Waals surface area contributed by atoms with E-state index >= 15 is 0 Å². The Balaban J connectivity index is 1.10. The predicted octanol–water partition coefficient (Wildman–Crippen LogP) is 2.18. The Hall–Kier alpha value is -4.94. The molecule has 0 radical (unpaired) electrons. The van der Waals surface area contributed by atoms with Crippen LogP contribution in [0.3, 0.4) is 0 Å². The molecule has 4 aromatic heterocycles. The first-order chi connectivity index (χ1) is 19.0. The molecule has 6 heterocycles. The Morgan fingerprint density at radius 3 is 2.72 bits per heavy atom. The molecule has 1 aromatic carbocycles. The summed E-state index contributed by atoms with van der Waals surface area (Å²) in [5.41, 5.74) is 1.06. The molecule has 2 aliphatic heterocycles. The average molecular weight is 527 g/mol. The highest BCUT2D eigenvalue weighted by Crippen LogP contribution is 2.41. The van der Waals surface area contributed by atoms with Crippen molar-refractivity contribution in [1.29, 1.82) is 0 Å². The van der Waals surface area contributed by atoms with E-state index in [0.29, 0.717) is 19.6 Å². The second-order valence-electron chi connectivity index (χ2n) is 10.0. The molecule has 2 fully saturated rings. The van der Waals surface area contributed by atoms with E-state index in [2.05, 4.69) is 35.4 Å². The molecule has 1 spiro atoms. The van der Waals surface area contributed by atoms with Crippen LogP contribution in [-0.4, -0.2) is 82.5 Å². The van der Waals surface area contributed by atoms with Gasteiger partial charge in [-0.25, -0.2) is 14.1 Å². The Kier molecular flexibility index (Phi) is 5.25. The average Bonchev–Trinajstić information content (AvgIpc) is 3.79. The lowest BCUT2D eigenvalue weighted by Gasteiger charge is -2.25. The number of hydrogen-bond acceptors (Lipinski definition) is 8. The number of carbonyl (C=O) groups is 2. The molecule has 196 valence electrons. The largest absolute Gasteiger partial charge is 0.357 e. The Labute approximate surface area is 221 Å². The maximum absolute atomic E-state index is 14.9. The normalized spacial score (nSPS) is 19.0. The molecule has 0 bridgehead atoms. The minimum Gasteiger partial charge on any atom is -0.357 e. The molecule has 2 aliphatic rings. The van der Waals surface area contributed by atoms with Crippen molar-refractivity contribution in [3.05, 3.63) is 72.8 Å². The second kappa shape index (κ2) is 8.82. The van der Waals surface area contributed by atoms with Crippen LogP contribution in [0.2, 0.25) is 0 Å². The molecule has 0 saturated carbocycles. The first-order valence-electron chi connectivity index (χ1n) is 12.6. The Morgan fingerprint density at radius 1 is 1.05 bits per heavy atom. The third-order valence-corrected chi connectivity index (χ3v) is 7.73. The van der Waals surface area contributed by atoms with E-state index < -0.39 is 17.5 Å². The summed E-state index contributed by atoms with van der Waals surface area (Å²) in [6, 6.07) is 9.89. The van der Waals surface area contributed by atoms with Gasteiger partial charge in [0.2, 0.25) is 5.95 Å². The van der Waals surface area contributed by atoms with Crippen LogP contribution in [0.4, 0.5) is 10.3 Å². The molecular weight excluding hydrogens is 503 g/mol. The van der Waals surface area contributed by atoms with Gasteiger partial charge in [-0.15, -0.1) is 15.3 Å². The molecule has 13 heteroatoms. The number of rotatable bonds is 5. The number of ketones is 1. The predicted molar refractivity (Wildman–Crippen MR) is 137 cm³/mol. The fourth-order valence-electron chi connectivity index (χ4n) is 5.79. The number of amides is 1. The zero-order chi connectivity index (χ0) is 26.6. The van der Waals surface area contributed by atoms with Gasteiger partial charge >= 0.3 is 0 Å². The number of H-pyrrole nitrogens is 1. The highest BCUT2D eigenvalue weighted by molar-refractivity contribution is 6.45. The van der Waals surface area contributed by atoms with Gasteiger partial charge in [0.25, 0.3) is 11.7 Å². The maximum atomic E-state index is 14.9. The number of carbonyl (C=O) groups excluding carboxylic acids is 2. The van der Waals surface area contributed by atoms with Crippen LogP contribution in [0.5, 0.6) is 0 Å². The van der Waals surface area contributed by atoms with Crippen molar-refractivity contribution >= 4 is 28.5 Å². The number of halogens is 1. The van der Waals surface area contributed by atoms with Crippen LogP contribution >= 0.6 is 0 Å². The Morgan fingerprint density at radius 2 is 1.90 bits per heavy atom. The molecule has 5 aromatic rings. The molecule has 1 amide bonds. The number of Topliss-reactive ketones (excluding diaryl/α,β-unsaturated/α-hetero) is 1. The van der Waals surface area contributed by atoms with Gasteiger partial charge in [0.05, 0.1) is 40.7 Å². The molecule has 1 atom stereocenters. The minimum absolute atomic E-state index is 0.00931. The van der Waals surface area contributed by atoms with Crippen molar-refractivity contribution < 1.29 is 14.0 Å². The maximum Gasteiger partial charge on any atom is 0.295 e. The third-order valence-electron chi connectivity index (χ3n) is 7.73. The lowest BCUT2D eigenvalue weighted by Crippen LogP contribution is -2.38. The zero-order valence-corrected chi connectivity index (χ0v) is 20.7. The van der Waals surface area contributed by atoms with Gasteiger partial charge in [-0.3, -0.25) is 14.2 Å². The van der Waals surface area contributed by atoms with Gasteiger partial charge in [-0.2, -0.15) is 0 Å². The van der Waals surface area contributed by atoms with Crippen LogP contribution in [0.15, 0.2) is 61.4 Å². The molecule has 12 nitrogen and oxygen atoms in total. The number of likely N-dealkylation sites (tertiary alicyclic amines) is 1. The minimum atomic E-state index is -0.758. The number of aromatic amines is 1. The summed E-state index contributed by atoms with van der Waals surface area (Å²) in [6.45, 7) is 2.38. The fraction of sp³-hybridized carbons (Fsp3) is 0.269. The van der Waals surface area contributed by atoms with Crippen molar-refractivity contribution in [2.75, 3.05) is 31.1 Å². The SMILES string of the molecule is O=C(C(=O)N1CCC2(CCN(c3nncn3-c3ccccc3)C2)C1)c1c[nH]c2c(-n3ccnn3)ncc(F)c12. The number of fused-ring (bicyclic) bond motifs is 1. The number of nitrogens with zero attached hydrogens (tertiary/aromatic N) is 9. The van der Waals surface area contributed by atoms with Gasteiger partial charge in [0.1, 0.15) is 6.33 Å². The van der Waals surface area contributed by atoms with Crippen LogP contribution in [-0.2, 0) is 4.79 Å². The third kappa shape index (κ3) is 3.76. The van der Waals surface area contributed by atoms with E-state index in [-0.39, 0.29) is 27.7 Å². The van der Waals surface area contributed by atoms with Crippen LogP contribution in [0.1, 0.15) is 23.2 Å². The quantitative estimate of drug-likeness (QED) is 0.272. The zero-order valence-electron chi connectivity index (χ0n) is 20.7. The summed E-state index contributed by atoms with van der Waals surface area (Å²) >= 11 is 0. The lowest BCUT2D eigenvalue weighted by molar-refractivity contribution is -0.125. The number of aromatic nitrogens is 8. The second-order valence-corrected chi connectivity index (χ2v) is 10.0. The number of pyridine rings is 1. The van der Waals surface area contributed by atoms with E-state index in [1.807, 2.05) is 34.9 Å². The van der Waals surface area contributed by atoms with E-state index in [9.17, 15) is 14.0 Å². The van der Waals surface area contributed by atoms with Crippen molar-refractivity contribution in [3.8, 4) is 11.5 Å². The summed E-state index contributed by atoms with van der Waals surface area (Å²) in [6.07, 6.45) is 8.73. The smallest absolute Gasteiger partial charge is 0.295 e. The first kappa shape index (κ1) is 23.2. The fourth-order valence-corrected chi connectivity index (χ4v) is 5.79. The number of benzene rings is 1. The van der Waals surface area contributed by atoms with Crippen molar-refractivity contribution in [2.24, 2.45) is 5.41 Å². The van der Waals surface area contributed by atoms with Crippen molar-refractivity contribution in [3.63, 3.8) is 0 Å². The number of para-hydroxylation sites is 1. The summed E-state index contributed by atoms with van der Waals surface area (Å²) in [7, 11) is 0. The van der Waals surface area contributed by atoms with Gasteiger partial charge in [-0.05, 0) is 25.0 Å². The number of hydrogen-bond donors (Lipinski definition) is 1. The van der Waals surface area contributed by atoms with Gasteiger partial charge in [0, 0.05) is 37.8 Å². The summed E-state index contributed by atoms with van der Waals surface area (Å²) < 4.78 is 18.2. The summed E-state index contributed by atoms with van der Waals surface area (Å²) in [5, 5.41) is 16.1. The summed E-state index contributed by atoms with van der Waals surface area (Å²) in [5.74, 6) is -1.06. The molecule has 2 saturated heterocycles. The highest BCUT2D eigenvalue weighted by Gasteiger charge is 2.46. The Bertz CT molecular complexity index is 1700. The standard InChI is InChI=1S/C26H23FN10O2/c27-19-13-29-23(37-11-8-30-33-37)21-20(19)18(12-28-21)22(38)24(39)34-9-6-26(14-34)7-10-35(15-26)25-32-31-16-36(25)17-4-2-1-3-5-17/h1-5,8,11-13,16,28H,6-7,9-10,14-15H2. The van der Waals surface area contributed by atoms with E-state index in [4.69, 9.17) is 0 Å². The van der Waals surface area contributed by atoms with E-state index in [0.717, 1.165) is 37.2 Å². The van der Waals surface area contributed by atoms with Gasteiger partial charge in [-0.1, -0.05) is 23.4 Å². The summed E-state index contributed by atoms with van der Waals surface area (Å²) in [4.78, 5) is 37.5. The van der Waals surface area contributed by atoms with E-state index in [1.165, 1.54) is 17.1 Å². The molecule has 39 heavy (non-hydrogen) atoms. The lowest BCUT2D eigenvalue weighted by atomic mass is 9.86. The van der Waals surface area contributed by atoms with Crippen LogP contribution < -0.4 is 4.90 Å². The van der Waals surface area contributed by atoms with Crippen molar-refractivity contribution in [2.45, 2.75) is 12.8 Å². The van der Waals surface area contributed by atoms with Crippen molar-refractivity contribution in [1.82, 2.24) is 44.6 Å². The van der Waals surface area contributed by atoms with Crippen LogP contribution in [0.25, 0.3) is 22.4 Å². The van der Waals surface area contributed by atoms with Gasteiger partial charge in [0.15, 0.2) is 11.6 Å².